The first-order chi connectivity index (χ1) is 15.1. The molecule has 0 radical (unpaired) electrons. The van der Waals surface area contributed by atoms with Crippen molar-refractivity contribution < 1.29 is 43.6 Å². The fourth-order valence-corrected chi connectivity index (χ4v) is 5.30. The Bertz CT molecular complexity index is 1540. The predicted molar refractivity (Wildman–Crippen MR) is 118 cm³/mol. The third-order valence-electron chi connectivity index (χ3n) is 4.78. The van der Waals surface area contributed by atoms with Crippen LogP contribution in [0.15, 0.2) is 69.3 Å². The molecule has 0 spiro atoms. The van der Waals surface area contributed by atoms with Crippen LogP contribution in [0.1, 0.15) is 5.56 Å². The molecule has 176 valence electrons. The maximum atomic E-state index is 12.2. The summed E-state index contributed by atoms with van der Waals surface area (Å²) in [5.74, 6) is -0.00700. The minimum Gasteiger partial charge on any atom is -0.495 e. The van der Waals surface area contributed by atoms with Crippen molar-refractivity contribution in [1.82, 2.24) is 0 Å². The average Bonchev–Trinajstić information content (AvgIpc) is 2.71. The summed E-state index contributed by atoms with van der Waals surface area (Å²) in [7, 11) is -12.4. The lowest BCUT2D eigenvalue weighted by atomic mass is 9.94. The van der Waals surface area contributed by atoms with Gasteiger partial charge in [0.15, 0.2) is 0 Å². The first-order valence-corrected chi connectivity index (χ1v) is 13.3. The molecule has 0 aliphatic rings. The fourth-order valence-electron chi connectivity index (χ4n) is 3.40. The van der Waals surface area contributed by atoms with Gasteiger partial charge in [-0.05, 0) is 53.9 Å². The van der Waals surface area contributed by atoms with Gasteiger partial charge in [0.25, 0.3) is 30.4 Å². The molecule has 0 aromatic heterocycles. The van der Waals surface area contributed by atoms with E-state index in [1.54, 1.807) is 0 Å². The highest BCUT2D eigenvalue weighted by atomic mass is 32.2. The summed E-state index contributed by atoms with van der Waals surface area (Å²) >= 11 is 0. The number of rotatable bonds is 6. The molecule has 3 N–H and O–H groups in total. The lowest BCUT2D eigenvalue weighted by molar-refractivity contribution is 0.416. The van der Waals surface area contributed by atoms with Crippen molar-refractivity contribution in [1.29, 1.82) is 0 Å². The van der Waals surface area contributed by atoms with E-state index < -0.39 is 40.1 Å². The highest BCUT2D eigenvalue weighted by molar-refractivity contribution is 7.86. The highest BCUT2D eigenvalue weighted by Crippen LogP contribution is 2.45. The number of hydrogen-bond donors (Lipinski definition) is 3. The predicted octanol–water partition coefficient (Wildman–Crippen LogP) is 3.08. The maximum Gasteiger partial charge on any atom is 0.295 e. The van der Waals surface area contributed by atoms with Crippen LogP contribution in [0.25, 0.3) is 22.3 Å². The molecule has 10 nitrogen and oxygen atoms in total. The third-order valence-corrected chi connectivity index (χ3v) is 7.56. The lowest BCUT2D eigenvalue weighted by Gasteiger charge is -2.19. The van der Waals surface area contributed by atoms with Gasteiger partial charge in [0.2, 0.25) is 0 Å². The van der Waals surface area contributed by atoms with Gasteiger partial charge in [-0.25, -0.2) is 0 Å². The van der Waals surface area contributed by atoms with Crippen LogP contribution in [0, 0.1) is 6.92 Å². The normalized spacial score (nSPS) is 12.5. The van der Waals surface area contributed by atoms with Crippen molar-refractivity contribution in [3.63, 3.8) is 0 Å². The van der Waals surface area contributed by atoms with Crippen molar-refractivity contribution in [2.24, 2.45) is 0 Å². The molecule has 0 aliphatic heterocycles. The molecule has 0 amide bonds. The second-order valence-corrected chi connectivity index (χ2v) is 11.2. The average molecular weight is 515 g/mol. The van der Waals surface area contributed by atoms with E-state index in [1.807, 2.05) is 0 Å². The van der Waals surface area contributed by atoms with Crippen LogP contribution in [0.5, 0.6) is 5.75 Å². The van der Waals surface area contributed by atoms with Crippen LogP contribution >= 0.6 is 0 Å². The van der Waals surface area contributed by atoms with Gasteiger partial charge in [0, 0.05) is 11.1 Å². The summed E-state index contributed by atoms with van der Waals surface area (Å²) in [6.45, 7) is 1.43. The molecule has 0 unspecified atom stereocenters. The SMILES string of the molecule is COc1c(-c2ccc(S(=O)(=O)O)cc2)cc(C)c(S(=O)(=O)O)c1-c1ccc(S(=O)(=O)O)cc1. The van der Waals surface area contributed by atoms with Crippen molar-refractivity contribution >= 4 is 30.4 Å². The Balaban J connectivity index is 2.37. The van der Waals surface area contributed by atoms with E-state index in [0.717, 1.165) is 24.3 Å². The van der Waals surface area contributed by atoms with E-state index in [0.29, 0.717) is 11.1 Å². The van der Waals surface area contributed by atoms with Gasteiger partial charge in [-0.2, -0.15) is 25.3 Å². The Morgan fingerprint density at radius 2 is 1.09 bits per heavy atom. The van der Waals surface area contributed by atoms with Gasteiger partial charge < -0.3 is 4.74 Å². The van der Waals surface area contributed by atoms with E-state index in [2.05, 4.69) is 0 Å². The zero-order valence-electron chi connectivity index (χ0n) is 17.1. The summed E-state index contributed by atoms with van der Waals surface area (Å²) in [5.41, 5.74) is 0.946. The van der Waals surface area contributed by atoms with Crippen LogP contribution < -0.4 is 4.74 Å². The summed E-state index contributed by atoms with van der Waals surface area (Å²) in [4.78, 5) is -1.25. The second-order valence-electron chi connectivity index (χ2n) is 6.95. The number of aryl methyl sites for hydroxylation is 1. The van der Waals surface area contributed by atoms with Crippen LogP contribution in [0.3, 0.4) is 0 Å². The van der Waals surface area contributed by atoms with Crippen molar-refractivity contribution in [3.05, 3.63) is 60.2 Å². The number of methoxy groups -OCH3 is 1. The summed E-state index contributed by atoms with van der Waals surface area (Å²) in [6, 6.07) is 11.0. The molecule has 13 heteroatoms. The van der Waals surface area contributed by atoms with Gasteiger partial charge in [0.1, 0.15) is 10.6 Å². The molecular weight excluding hydrogens is 496 g/mol. The van der Waals surface area contributed by atoms with Gasteiger partial charge >= 0.3 is 0 Å². The second kappa shape index (κ2) is 8.52. The molecule has 3 aromatic carbocycles. The topological polar surface area (TPSA) is 172 Å². The Morgan fingerprint density at radius 3 is 1.45 bits per heavy atom. The van der Waals surface area contributed by atoms with Crippen LogP contribution in [0.2, 0.25) is 0 Å². The Kier molecular flexibility index (Phi) is 6.41. The zero-order chi connectivity index (χ0) is 24.8. The van der Waals surface area contributed by atoms with Crippen molar-refractivity contribution in [3.8, 4) is 28.0 Å². The van der Waals surface area contributed by atoms with Gasteiger partial charge in [-0.15, -0.1) is 0 Å². The number of hydrogen-bond acceptors (Lipinski definition) is 7. The molecule has 3 aromatic rings. The maximum absolute atomic E-state index is 12.2. The zero-order valence-corrected chi connectivity index (χ0v) is 19.6. The molecule has 0 saturated heterocycles. The summed E-state index contributed by atoms with van der Waals surface area (Å²) in [5, 5.41) is 0. The van der Waals surface area contributed by atoms with Crippen molar-refractivity contribution in [2.45, 2.75) is 21.6 Å². The van der Waals surface area contributed by atoms with E-state index in [4.69, 9.17) is 4.74 Å². The van der Waals surface area contributed by atoms with E-state index in [1.165, 1.54) is 44.4 Å². The van der Waals surface area contributed by atoms with Crippen molar-refractivity contribution in [2.75, 3.05) is 7.11 Å². The molecule has 0 bridgehead atoms. The van der Waals surface area contributed by atoms with Crippen LogP contribution in [0.4, 0.5) is 0 Å². The standard InChI is InChI=1S/C20H18O10S3/c1-12-11-17(13-3-7-15(8-4-13)31(21,22)23)19(30-2)18(20(12)33(27,28)29)14-5-9-16(10-6-14)32(24,25)26/h3-11H,1-2H3,(H,21,22,23)(H,24,25,26)(H,27,28,29). The minimum absolute atomic E-state index is 0.00700. The summed E-state index contributed by atoms with van der Waals surface area (Å²) < 4.78 is 104. The van der Waals surface area contributed by atoms with Crippen LogP contribution in [-0.4, -0.2) is 46.0 Å². The molecule has 3 rings (SSSR count). The molecule has 0 aliphatic carbocycles. The van der Waals surface area contributed by atoms with E-state index in [-0.39, 0.29) is 27.3 Å². The Hall–Kier alpha value is -2.81. The smallest absolute Gasteiger partial charge is 0.295 e. The molecule has 0 atom stereocenters. The molecule has 0 fully saturated rings. The molecule has 0 heterocycles. The van der Waals surface area contributed by atoms with E-state index in [9.17, 15) is 38.9 Å². The third kappa shape index (κ3) is 5.08. The van der Waals surface area contributed by atoms with Gasteiger partial charge in [-0.3, -0.25) is 13.7 Å². The first-order valence-electron chi connectivity index (χ1n) is 8.99. The largest absolute Gasteiger partial charge is 0.495 e. The summed E-state index contributed by atoms with van der Waals surface area (Å²) in [6.07, 6.45) is 0. The Labute approximate surface area is 190 Å². The lowest BCUT2D eigenvalue weighted by Crippen LogP contribution is -2.07. The number of benzene rings is 3. The molecular formula is C20H18O10S3. The van der Waals surface area contributed by atoms with Gasteiger partial charge in [0.05, 0.1) is 16.9 Å². The molecule has 0 saturated carbocycles. The van der Waals surface area contributed by atoms with E-state index >= 15 is 0 Å². The highest BCUT2D eigenvalue weighted by Gasteiger charge is 2.27. The molecule has 33 heavy (non-hydrogen) atoms. The minimum atomic E-state index is -4.77. The Morgan fingerprint density at radius 1 is 0.667 bits per heavy atom. The number of ether oxygens (including phenoxy) is 1. The fraction of sp³-hybridized carbons (Fsp3) is 0.100. The monoisotopic (exact) mass is 514 g/mol. The first kappa shape index (κ1) is 24.8. The quantitative estimate of drug-likeness (QED) is 0.415. The van der Waals surface area contributed by atoms with Crippen LogP contribution in [-0.2, 0) is 30.4 Å². The van der Waals surface area contributed by atoms with Gasteiger partial charge in [-0.1, -0.05) is 24.3 Å².